The smallest absolute Gasteiger partial charge is 0.0598 e. The monoisotopic (exact) mass is 198 g/mol. The maximum atomic E-state index is 5.64. The van der Waals surface area contributed by atoms with Crippen molar-refractivity contribution in [2.45, 2.75) is 64.9 Å². The summed E-state index contributed by atoms with van der Waals surface area (Å²) in [6, 6.07) is 0. The fraction of sp³-hybridized carbons (Fsp3) is 0.846. The van der Waals surface area contributed by atoms with Gasteiger partial charge in [0.15, 0.2) is 0 Å². The summed E-state index contributed by atoms with van der Waals surface area (Å²) in [6.45, 7) is 10.9. The molecular formula is C13H26O. The Hall–Kier alpha value is -0.300. The fourth-order valence-corrected chi connectivity index (χ4v) is 1.30. The van der Waals surface area contributed by atoms with Crippen LogP contribution in [0.2, 0.25) is 0 Å². The Bertz CT molecular complexity index is 133. The van der Waals surface area contributed by atoms with Gasteiger partial charge in [-0.05, 0) is 40.0 Å². The molecule has 0 aliphatic rings. The average molecular weight is 198 g/mol. The molecule has 1 nitrogen and oxygen atoms in total. The van der Waals surface area contributed by atoms with Crippen LogP contribution in [0.5, 0.6) is 0 Å². The fourth-order valence-electron chi connectivity index (χ4n) is 1.30. The van der Waals surface area contributed by atoms with E-state index in [1.165, 1.54) is 38.5 Å². The topological polar surface area (TPSA) is 9.23 Å². The van der Waals surface area contributed by atoms with Crippen LogP contribution in [0.25, 0.3) is 0 Å². The molecule has 0 saturated carbocycles. The molecule has 0 saturated heterocycles. The molecule has 1 heteroatoms. The highest BCUT2D eigenvalue weighted by Gasteiger charge is 2.08. The van der Waals surface area contributed by atoms with Gasteiger partial charge in [0.1, 0.15) is 0 Å². The third kappa shape index (κ3) is 11.7. The highest BCUT2D eigenvalue weighted by atomic mass is 16.5. The Morgan fingerprint density at radius 2 is 1.57 bits per heavy atom. The van der Waals surface area contributed by atoms with Crippen molar-refractivity contribution in [1.82, 2.24) is 0 Å². The van der Waals surface area contributed by atoms with Crippen LogP contribution in [-0.4, -0.2) is 12.2 Å². The molecule has 0 radical (unpaired) electrons. The first kappa shape index (κ1) is 13.7. The van der Waals surface area contributed by atoms with Gasteiger partial charge in [-0.2, -0.15) is 0 Å². The van der Waals surface area contributed by atoms with Crippen LogP contribution >= 0.6 is 0 Å². The van der Waals surface area contributed by atoms with Crippen molar-refractivity contribution in [1.29, 1.82) is 0 Å². The lowest BCUT2D eigenvalue weighted by atomic mass is 10.1. The maximum absolute atomic E-state index is 5.64. The van der Waals surface area contributed by atoms with Gasteiger partial charge >= 0.3 is 0 Å². The van der Waals surface area contributed by atoms with E-state index in [0.717, 1.165) is 6.61 Å². The predicted molar refractivity (Wildman–Crippen MR) is 63.6 cm³/mol. The second-order valence-electron chi connectivity index (χ2n) is 4.81. The molecule has 14 heavy (non-hydrogen) atoms. The number of hydrogen-bond acceptors (Lipinski definition) is 1. The third-order valence-corrected chi connectivity index (χ3v) is 2.09. The van der Waals surface area contributed by atoms with Crippen molar-refractivity contribution in [2.75, 3.05) is 6.61 Å². The minimum absolute atomic E-state index is 0.0306. The summed E-state index contributed by atoms with van der Waals surface area (Å²) in [4.78, 5) is 0. The lowest BCUT2D eigenvalue weighted by Crippen LogP contribution is -2.19. The molecule has 0 fully saturated rings. The molecule has 0 aromatic heterocycles. The van der Waals surface area contributed by atoms with Crippen LogP contribution in [0.15, 0.2) is 12.7 Å². The van der Waals surface area contributed by atoms with Crippen LogP contribution < -0.4 is 0 Å². The molecule has 0 amide bonds. The Kier molecular flexibility index (Phi) is 7.87. The van der Waals surface area contributed by atoms with Crippen molar-refractivity contribution >= 4 is 0 Å². The number of rotatable bonds is 8. The predicted octanol–water partition coefficient (Wildman–Crippen LogP) is 4.33. The van der Waals surface area contributed by atoms with E-state index in [9.17, 15) is 0 Å². The van der Waals surface area contributed by atoms with E-state index in [0.29, 0.717) is 0 Å². The number of hydrogen-bond donors (Lipinski definition) is 0. The van der Waals surface area contributed by atoms with Crippen molar-refractivity contribution in [3.05, 3.63) is 12.7 Å². The van der Waals surface area contributed by atoms with Gasteiger partial charge in [0.2, 0.25) is 0 Å². The van der Waals surface area contributed by atoms with Gasteiger partial charge in [-0.1, -0.05) is 25.3 Å². The van der Waals surface area contributed by atoms with E-state index in [1.54, 1.807) is 0 Å². The van der Waals surface area contributed by atoms with Gasteiger partial charge in [-0.3, -0.25) is 0 Å². The Labute approximate surface area is 89.5 Å². The van der Waals surface area contributed by atoms with E-state index in [2.05, 4.69) is 27.4 Å². The van der Waals surface area contributed by atoms with Crippen molar-refractivity contribution in [3.8, 4) is 0 Å². The molecule has 0 rings (SSSR count). The van der Waals surface area contributed by atoms with Crippen molar-refractivity contribution in [2.24, 2.45) is 0 Å². The highest BCUT2D eigenvalue weighted by Crippen LogP contribution is 2.10. The summed E-state index contributed by atoms with van der Waals surface area (Å²) < 4.78 is 5.64. The van der Waals surface area contributed by atoms with Gasteiger partial charge in [-0.15, -0.1) is 6.58 Å². The minimum atomic E-state index is 0.0306. The minimum Gasteiger partial charge on any atom is -0.376 e. The molecular weight excluding hydrogens is 172 g/mol. The zero-order valence-corrected chi connectivity index (χ0v) is 10.1. The molecule has 0 bridgehead atoms. The number of ether oxygens (including phenoxy) is 1. The number of allylic oxidation sites excluding steroid dienone is 1. The molecule has 84 valence electrons. The van der Waals surface area contributed by atoms with E-state index >= 15 is 0 Å². The SMILES string of the molecule is C=CCCCCCCCOC(C)(C)C. The Morgan fingerprint density at radius 3 is 2.14 bits per heavy atom. The Morgan fingerprint density at radius 1 is 1.00 bits per heavy atom. The summed E-state index contributed by atoms with van der Waals surface area (Å²) in [5.74, 6) is 0. The first-order valence-corrected chi connectivity index (χ1v) is 5.81. The summed E-state index contributed by atoms with van der Waals surface area (Å²) in [5.41, 5.74) is 0.0306. The first-order valence-electron chi connectivity index (χ1n) is 5.81. The van der Waals surface area contributed by atoms with Crippen molar-refractivity contribution in [3.63, 3.8) is 0 Å². The van der Waals surface area contributed by atoms with Gasteiger partial charge in [0.25, 0.3) is 0 Å². The van der Waals surface area contributed by atoms with Gasteiger partial charge in [0, 0.05) is 6.61 Å². The molecule has 0 spiro atoms. The van der Waals surface area contributed by atoms with E-state index in [4.69, 9.17) is 4.74 Å². The standard InChI is InChI=1S/C13H26O/c1-5-6-7-8-9-10-11-12-14-13(2,3)4/h5H,1,6-12H2,2-4H3. The maximum Gasteiger partial charge on any atom is 0.0598 e. The Balaban J connectivity index is 3.03. The van der Waals surface area contributed by atoms with Crippen LogP contribution in [0, 0.1) is 0 Å². The van der Waals surface area contributed by atoms with Crippen molar-refractivity contribution < 1.29 is 4.74 Å². The van der Waals surface area contributed by atoms with E-state index < -0.39 is 0 Å². The quantitative estimate of drug-likeness (QED) is 0.417. The molecule has 0 aromatic carbocycles. The first-order chi connectivity index (χ1) is 6.56. The summed E-state index contributed by atoms with van der Waals surface area (Å²) >= 11 is 0. The van der Waals surface area contributed by atoms with Crippen LogP contribution in [0.1, 0.15) is 59.3 Å². The molecule has 0 unspecified atom stereocenters. The van der Waals surface area contributed by atoms with E-state index in [1.807, 2.05) is 6.08 Å². The van der Waals surface area contributed by atoms with Gasteiger partial charge in [-0.25, -0.2) is 0 Å². The zero-order chi connectivity index (χ0) is 10.9. The van der Waals surface area contributed by atoms with Crippen LogP contribution in [-0.2, 0) is 4.74 Å². The summed E-state index contributed by atoms with van der Waals surface area (Å²) in [7, 11) is 0. The molecule has 0 N–H and O–H groups in total. The lowest BCUT2D eigenvalue weighted by Gasteiger charge is -2.19. The van der Waals surface area contributed by atoms with Crippen LogP contribution in [0.4, 0.5) is 0 Å². The average Bonchev–Trinajstić information content (AvgIpc) is 2.08. The lowest BCUT2D eigenvalue weighted by molar-refractivity contribution is -0.00474. The molecule has 0 heterocycles. The van der Waals surface area contributed by atoms with Crippen LogP contribution in [0.3, 0.4) is 0 Å². The van der Waals surface area contributed by atoms with Gasteiger partial charge < -0.3 is 4.74 Å². The summed E-state index contributed by atoms with van der Waals surface area (Å²) in [6.07, 6.45) is 9.63. The zero-order valence-electron chi connectivity index (χ0n) is 10.1. The van der Waals surface area contributed by atoms with Gasteiger partial charge in [0.05, 0.1) is 5.60 Å². The second kappa shape index (κ2) is 8.05. The molecule has 0 atom stereocenters. The largest absolute Gasteiger partial charge is 0.376 e. The summed E-state index contributed by atoms with van der Waals surface area (Å²) in [5, 5.41) is 0. The molecule has 0 aliphatic carbocycles. The number of unbranched alkanes of at least 4 members (excludes halogenated alkanes) is 5. The molecule has 0 aliphatic heterocycles. The normalized spacial score (nSPS) is 11.6. The third-order valence-electron chi connectivity index (χ3n) is 2.09. The van der Waals surface area contributed by atoms with E-state index in [-0.39, 0.29) is 5.60 Å². The highest BCUT2D eigenvalue weighted by molar-refractivity contribution is 4.65. The second-order valence-corrected chi connectivity index (χ2v) is 4.81. The molecule has 0 aromatic rings.